The minimum atomic E-state index is -4.31. The number of benzene rings is 2. The fourth-order valence-corrected chi connectivity index (χ4v) is 3.64. The molecule has 3 rings (SSSR count). The van der Waals surface area contributed by atoms with Crippen molar-refractivity contribution in [3.8, 4) is 0 Å². The molecule has 1 aliphatic heterocycles. The van der Waals surface area contributed by atoms with Gasteiger partial charge in [-0.1, -0.05) is 30.3 Å². The van der Waals surface area contributed by atoms with E-state index in [1.54, 1.807) is 6.07 Å². The van der Waals surface area contributed by atoms with Crippen molar-refractivity contribution >= 4 is 11.6 Å². The summed E-state index contributed by atoms with van der Waals surface area (Å²) in [6.07, 6.45) is -4.31. The van der Waals surface area contributed by atoms with E-state index < -0.39 is 11.7 Å². The van der Waals surface area contributed by atoms with Crippen molar-refractivity contribution in [1.29, 1.82) is 0 Å². The van der Waals surface area contributed by atoms with Crippen LogP contribution in [0.4, 0.5) is 18.9 Å². The van der Waals surface area contributed by atoms with E-state index in [1.165, 1.54) is 21.9 Å². The summed E-state index contributed by atoms with van der Waals surface area (Å²) in [6.45, 7) is 5.78. The summed E-state index contributed by atoms with van der Waals surface area (Å²) in [5.41, 5.74) is 0.885. The molecule has 1 aliphatic rings. The molecule has 7 heteroatoms. The smallest absolute Gasteiger partial charge is 0.322 e. The van der Waals surface area contributed by atoms with Gasteiger partial charge in [0.15, 0.2) is 6.04 Å². The minimum absolute atomic E-state index is 0.0115. The Bertz CT molecular complexity index is 787. The second-order valence-electron chi connectivity index (χ2n) is 7.36. The number of alkyl halides is 3. The molecule has 2 aromatic carbocycles. The van der Waals surface area contributed by atoms with E-state index in [-0.39, 0.29) is 11.9 Å². The maximum Gasteiger partial charge on any atom is 0.416 e. The molecule has 2 aromatic rings. The largest absolute Gasteiger partial charge is 0.416 e. The van der Waals surface area contributed by atoms with Crippen molar-refractivity contribution < 1.29 is 27.8 Å². The maximum atomic E-state index is 12.9. The lowest BCUT2D eigenvalue weighted by Gasteiger charge is -2.32. The molecule has 1 amide bonds. The summed E-state index contributed by atoms with van der Waals surface area (Å²) < 4.78 is 38.6. The normalized spacial score (nSPS) is 21.1. The zero-order valence-electron chi connectivity index (χ0n) is 15.9. The fraction of sp³-hybridized carbons (Fsp3) is 0.381. The molecule has 1 heterocycles. The first-order chi connectivity index (χ1) is 13.3. The van der Waals surface area contributed by atoms with Gasteiger partial charge in [0.1, 0.15) is 32.7 Å². The predicted octanol–water partition coefficient (Wildman–Crippen LogP) is 1.02. The number of para-hydroxylation sites is 1. The summed E-state index contributed by atoms with van der Waals surface area (Å²) in [5.74, 6) is -0.0115. The first-order valence-electron chi connectivity index (χ1n) is 9.53. The van der Waals surface area contributed by atoms with Gasteiger partial charge in [-0.2, -0.15) is 13.2 Å². The molecule has 0 unspecified atom stereocenters. The van der Waals surface area contributed by atoms with Crippen molar-refractivity contribution in [2.24, 2.45) is 0 Å². The predicted molar refractivity (Wildman–Crippen MR) is 101 cm³/mol. The van der Waals surface area contributed by atoms with Crippen molar-refractivity contribution in [3.05, 3.63) is 65.7 Å². The quantitative estimate of drug-likeness (QED) is 0.697. The van der Waals surface area contributed by atoms with Gasteiger partial charge < -0.3 is 15.1 Å². The highest BCUT2D eigenvalue weighted by atomic mass is 19.4. The van der Waals surface area contributed by atoms with Gasteiger partial charge in [-0.3, -0.25) is 4.79 Å². The molecule has 150 valence electrons. The van der Waals surface area contributed by atoms with E-state index in [2.05, 4.69) is 5.32 Å². The van der Waals surface area contributed by atoms with Gasteiger partial charge in [-0.15, -0.1) is 0 Å². The van der Waals surface area contributed by atoms with Crippen molar-refractivity contribution in [3.63, 3.8) is 0 Å². The van der Waals surface area contributed by atoms with Crippen LogP contribution in [0, 0.1) is 0 Å². The van der Waals surface area contributed by atoms with Gasteiger partial charge in [0.25, 0.3) is 5.91 Å². The first-order valence-corrected chi connectivity index (χ1v) is 9.53. The maximum absolute atomic E-state index is 12.9. The van der Waals surface area contributed by atoms with Gasteiger partial charge in [0.05, 0.1) is 5.56 Å². The van der Waals surface area contributed by atoms with Gasteiger partial charge in [-0.05, 0) is 31.2 Å². The monoisotopic (exact) mass is 393 g/mol. The van der Waals surface area contributed by atoms with Gasteiger partial charge >= 0.3 is 6.18 Å². The van der Waals surface area contributed by atoms with Crippen LogP contribution in [0.3, 0.4) is 0 Å². The molecule has 0 bridgehead atoms. The van der Waals surface area contributed by atoms with E-state index in [9.17, 15) is 18.0 Å². The van der Waals surface area contributed by atoms with Gasteiger partial charge in [-0.25, -0.2) is 0 Å². The molecule has 3 N–H and O–H groups in total. The SMILES string of the molecule is C[C@H](C(=O)Nc1ccccc1)[NH+]1CC[NH+](Cc2cccc(C(F)(F)F)c2)CC1. The van der Waals surface area contributed by atoms with Crippen molar-refractivity contribution in [2.75, 3.05) is 31.5 Å². The molecular weight excluding hydrogens is 367 g/mol. The number of carbonyl (C=O) groups excluding carboxylic acids is 1. The van der Waals surface area contributed by atoms with Crippen molar-refractivity contribution in [2.45, 2.75) is 25.7 Å². The molecule has 0 saturated carbocycles. The summed E-state index contributed by atoms with van der Waals surface area (Å²) in [7, 11) is 0. The Kier molecular flexibility index (Phi) is 6.36. The third-order valence-corrected chi connectivity index (χ3v) is 5.35. The van der Waals surface area contributed by atoms with Gasteiger partial charge in [0, 0.05) is 11.3 Å². The number of anilines is 1. The minimum Gasteiger partial charge on any atom is -0.322 e. The third kappa shape index (κ3) is 5.33. The topological polar surface area (TPSA) is 38.0 Å². The summed E-state index contributed by atoms with van der Waals surface area (Å²) >= 11 is 0. The number of hydrogen-bond acceptors (Lipinski definition) is 1. The average Bonchev–Trinajstić information content (AvgIpc) is 2.68. The second-order valence-corrected chi connectivity index (χ2v) is 7.36. The molecule has 0 spiro atoms. The highest BCUT2D eigenvalue weighted by molar-refractivity contribution is 5.93. The number of halogens is 3. The lowest BCUT2D eigenvalue weighted by Crippen LogP contribution is -3.29. The van der Waals surface area contributed by atoms with Gasteiger partial charge in [0.2, 0.25) is 0 Å². The molecule has 28 heavy (non-hydrogen) atoms. The number of quaternary nitrogens is 2. The molecule has 1 saturated heterocycles. The number of piperazine rings is 1. The van der Waals surface area contributed by atoms with Crippen LogP contribution in [-0.2, 0) is 17.5 Å². The molecular formula is C21H26F3N3O+2. The van der Waals surface area contributed by atoms with Crippen LogP contribution >= 0.6 is 0 Å². The number of amides is 1. The number of rotatable bonds is 5. The van der Waals surface area contributed by atoms with Crippen LogP contribution in [0.15, 0.2) is 54.6 Å². The molecule has 0 aliphatic carbocycles. The Hall–Kier alpha value is -2.38. The zero-order valence-corrected chi connectivity index (χ0v) is 15.9. The summed E-state index contributed by atoms with van der Waals surface area (Å²) in [4.78, 5) is 14.9. The van der Waals surface area contributed by atoms with Crippen molar-refractivity contribution in [1.82, 2.24) is 0 Å². The number of hydrogen-bond donors (Lipinski definition) is 3. The first kappa shape index (κ1) is 20.4. The van der Waals surface area contributed by atoms with Crippen LogP contribution in [-0.4, -0.2) is 38.1 Å². The molecule has 1 fully saturated rings. The Morgan fingerprint density at radius 2 is 1.71 bits per heavy atom. The zero-order chi connectivity index (χ0) is 20.1. The Balaban J connectivity index is 1.51. The molecule has 4 nitrogen and oxygen atoms in total. The van der Waals surface area contributed by atoms with E-state index >= 15 is 0 Å². The molecule has 0 aromatic heterocycles. The lowest BCUT2D eigenvalue weighted by atomic mass is 10.1. The van der Waals surface area contributed by atoms with Crippen LogP contribution in [0.1, 0.15) is 18.1 Å². The standard InChI is InChI=1S/C21H24F3N3O/c1-16(20(28)25-19-8-3-2-4-9-19)27-12-10-26(11-13-27)15-17-6-5-7-18(14-17)21(22,23)24/h2-9,14,16H,10-13,15H2,1H3,(H,25,28)/p+2/t16-/m1/s1. The summed E-state index contributed by atoms with van der Waals surface area (Å²) in [6, 6.07) is 14.8. The van der Waals surface area contributed by atoms with Crippen LogP contribution < -0.4 is 15.1 Å². The Labute approximate surface area is 162 Å². The van der Waals surface area contributed by atoms with Crippen LogP contribution in [0.5, 0.6) is 0 Å². The van der Waals surface area contributed by atoms with E-state index in [0.29, 0.717) is 12.1 Å². The van der Waals surface area contributed by atoms with E-state index in [0.717, 1.165) is 37.9 Å². The third-order valence-electron chi connectivity index (χ3n) is 5.35. The Morgan fingerprint density at radius 1 is 1.04 bits per heavy atom. The Morgan fingerprint density at radius 3 is 2.36 bits per heavy atom. The highest BCUT2D eigenvalue weighted by Crippen LogP contribution is 2.29. The number of nitrogens with one attached hydrogen (secondary N) is 3. The molecule has 0 radical (unpaired) electrons. The van der Waals surface area contributed by atoms with Crippen LogP contribution in [0.25, 0.3) is 0 Å². The number of carbonyl (C=O) groups is 1. The van der Waals surface area contributed by atoms with E-state index in [1.807, 2.05) is 37.3 Å². The fourth-order valence-electron chi connectivity index (χ4n) is 3.64. The summed E-state index contributed by atoms with van der Waals surface area (Å²) in [5, 5.41) is 2.94. The second kappa shape index (κ2) is 8.75. The van der Waals surface area contributed by atoms with Crippen LogP contribution in [0.2, 0.25) is 0 Å². The average molecular weight is 393 g/mol. The van der Waals surface area contributed by atoms with E-state index in [4.69, 9.17) is 0 Å². The lowest BCUT2D eigenvalue weighted by molar-refractivity contribution is -1.02. The highest BCUT2D eigenvalue weighted by Gasteiger charge is 2.32. The molecule has 1 atom stereocenters.